The maximum Gasteiger partial charge on any atom is 0.272 e. The van der Waals surface area contributed by atoms with Crippen LogP contribution in [0.4, 0.5) is 4.39 Å². The Bertz CT molecular complexity index is 2050. The molecule has 3 heterocycles. The number of amides is 2. The first-order valence-electron chi connectivity index (χ1n) is 15.6. The average molecular weight is 638 g/mol. The molecule has 1 saturated heterocycles. The summed E-state index contributed by atoms with van der Waals surface area (Å²) in [5.74, 6) is -2.23. The minimum Gasteiger partial charge on any atom is -0.361 e. The monoisotopic (exact) mass is 637 g/mol. The summed E-state index contributed by atoms with van der Waals surface area (Å²) >= 11 is 0. The summed E-state index contributed by atoms with van der Waals surface area (Å²) in [5, 5.41) is 14.3. The lowest BCUT2D eigenvalue weighted by atomic mass is 9.93. The number of Topliss-reactive ketones (excluding diaryl/α,β-unsaturated/α-hetero) is 1. The molecule has 3 aromatic carbocycles. The van der Waals surface area contributed by atoms with Crippen molar-refractivity contribution in [1.82, 2.24) is 25.8 Å². The largest absolute Gasteiger partial charge is 0.361 e. The smallest absolute Gasteiger partial charge is 0.272 e. The topological polar surface area (TPSA) is 149 Å². The van der Waals surface area contributed by atoms with Gasteiger partial charge in [-0.15, -0.1) is 0 Å². The van der Waals surface area contributed by atoms with E-state index in [1.807, 2.05) is 38.1 Å². The van der Waals surface area contributed by atoms with E-state index in [4.69, 9.17) is 4.74 Å². The van der Waals surface area contributed by atoms with Crippen LogP contribution >= 0.6 is 0 Å². The number of nitrogens with zero attached hydrogens (tertiary/aromatic N) is 1. The highest BCUT2D eigenvalue weighted by molar-refractivity contribution is 6.00. The van der Waals surface area contributed by atoms with Gasteiger partial charge in [-0.2, -0.15) is 5.10 Å². The molecule has 5 aromatic rings. The Morgan fingerprint density at radius 2 is 1.68 bits per heavy atom. The van der Waals surface area contributed by atoms with Crippen molar-refractivity contribution in [2.75, 3.05) is 6.61 Å². The number of carbonyl (C=O) groups is 3. The first-order valence-corrected chi connectivity index (χ1v) is 15.6. The number of hydrogen-bond donors (Lipinski definition) is 4. The van der Waals surface area contributed by atoms with E-state index in [-0.39, 0.29) is 42.3 Å². The fourth-order valence-electron chi connectivity index (χ4n) is 5.92. The molecule has 0 bridgehead atoms. The first-order chi connectivity index (χ1) is 22.5. The first kappa shape index (κ1) is 31.8. The number of aromatic amines is 2. The molecule has 11 heteroatoms. The molecular formula is C36H36FN5O5. The zero-order valence-electron chi connectivity index (χ0n) is 26.4. The summed E-state index contributed by atoms with van der Waals surface area (Å²) in [5.41, 5.74) is 1.26. The van der Waals surface area contributed by atoms with Crippen LogP contribution in [0.3, 0.4) is 0 Å². The molecule has 1 aliphatic rings. The van der Waals surface area contributed by atoms with Gasteiger partial charge in [0, 0.05) is 35.3 Å². The average Bonchev–Trinajstić information content (AvgIpc) is 3.69. The molecule has 0 radical (unpaired) electrons. The number of hydrogen-bond acceptors (Lipinski definition) is 6. The molecule has 0 aliphatic carbocycles. The maximum absolute atomic E-state index is 15.2. The summed E-state index contributed by atoms with van der Waals surface area (Å²) in [6, 6.07) is 16.8. The van der Waals surface area contributed by atoms with Crippen molar-refractivity contribution in [3.05, 3.63) is 111 Å². The second kappa shape index (κ2) is 12.9. The van der Waals surface area contributed by atoms with E-state index in [1.165, 1.54) is 12.1 Å². The highest BCUT2D eigenvalue weighted by Crippen LogP contribution is 2.30. The highest BCUT2D eigenvalue weighted by Gasteiger charge is 2.50. The van der Waals surface area contributed by atoms with Crippen LogP contribution < -0.4 is 16.2 Å². The van der Waals surface area contributed by atoms with Gasteiger partial charge in [0.25, 0.3) is 11.5 Å². The van der Waals surface area contributed by atoms with Gasteiger partial charge in [0.15, 0.2) is 5.78 Å². The molecule has 2 aromatic heterocycles. The number of H-pyrrole nitrogens is 2. The number of para-hydroxylation sites is 1. The van der Waals surface area contributed by atoms with Crippen LogP contribution in [-0.4, -0.2) is 57.1 Å². The van der Waals surface area contributed by atoms with Crippen LogP contribution in [0.1, 0.15) is 54.4 Å². The molecule has 3 atom stereocenters. The van der Waals surface area contributed by atoms with E-state index in [1.54, 1.807) is 43.5 Å². The lowest BCUT2D eigenvalue weighted by Crippen LogP contribution is -2.54. The molecule has 4 N–H and O–H groups in total. The fourth-order valence-corrected chi connectivity index (χ4v) is 5.92. The Kier molecular flexibility index (Phi) is 8.74. The van der Waals surface area contributed by atoms with Crippen molar-refractivity contribution in [3.63, 3.8) is 0 Å². The zero-order chi connectivity index (χ0) is 33.3. The van der Waals surface area contributed by atoms with E-state index in [0.717, 1.165) is 16.5 Å². The number of carbonyl (C=O) groups excluding carboxylic acids is 3. The Hall–Kier alpha value is -5.16. The molecule has 6 rings (SSSR count). The van der Waals surface area contributed by atoms with Crippen LogP contribution in [0, 0.1) is 11.7 Å². The molecule has 10 nitrogen and oxygen atoms in total. The van der Waals surface area contributed by atoms with E-state index in [2.05, 4.69) is 25.8 Å². The van der Waals surface area contributed by atoms with Crippen LogP contribution in [0.2, 0.25) is 0 Å². The molecule has 0 unspecified atom stereocenters. The standard InChI is InChI=1S/C36H36FN5O5/c1-20(2)14-30(32(43)36(3)19-47-36)39-35(46)31(17-22-18-38-28-11-7-6-8-23(22)28)40-33(44)26-15-21(12-13-27(26)37)16-29-24-9-4-5-10-25(24)34(45)42-41-29/h4-13,15,18,20,30-31,38H,14,16-17,19H2,1-3H3,(H,39,46)(H,40,44)(H,42,45)/t30-,31-,36+/m0/s1. The zero-order valence-corrected chi connectivity index (χ0v) is 26.4. The van der Waals surface area contributed by atoms with Gasteiger partial charge in [-0.3, -0.25) is 19.2 Å². The second-order valence-corrected chi connectivity index (χ2v) is 12.7. The number of epoxide rings is 1. The van der Waals surface area contributed by atoms with Crippen molar-refractivity contribution in [2.24, 2.45) is 5.92 Å². The van der Waals surface area contributed by atoms with Crippen LogP contribution in [0.15, 0.2) is 77.7 Å². The summed E-state index contributed by atoms with van der Waals surface area (Å²) < 4.78 is 20.6. The minimum absolute atomic E-state index is 0.0898. The van der Waals surface area contributed by atoms with Crippen molar-refractivity contribution >= 4 is 39.3 Å². The normalized spacial score (nSPS) is 17.0. The highest BCUT2D eigenvalue weighted by atomic mass is 19.1. The molecular weight excluding hydrogens is 601 g/mol. The summed E-state index contributed by atoms with van der Waals surface area (Å²) in [6.07, 6.45) is 2.47. The summed E-state index contributed by atoms with van der Waals surface area (Å²) in [4.78, 5) is 56.3. The van der Waals surface area contributed by atoms with Gasteiger partial charge in [0.05, 0.1) is 29.3 Å². The van der Waals surface area contributed by atoms with Gasteiger partial charge < -0.3 is 20.4 Å². The van der Waals surface area contributed by atoms with Gasteiger partial charge in [-0.05, 0) is 54.7 Å². The SMILES string of the molecule is CC(C)C[C@H](NC(=O)[C@H](Cc1c[nH]c2ccccc12)NC(=O)c1cc(Cc2n[nH]c(=O)c3ccccc23)ccc1F)C(=O)[C@@]1(C)CO1. The van der Waals surface area contributed by atoms with Crippen molar-refractivity contribution < 1.29 is 23.5 Å². The third kappa shape index (κ3) is 6.85. The Morgan fingerprint density at radius 3 is 2.40 bits per heavy atom. The predicted molar refractivity (Wildman–Crippen MR) is 176 cm³/mol. The number of aromatic nitrogens is 3. The number of ether oxygens (including phenoxy) is 1. The predicted octanol–water partition coefficient (Wildman–Crippen LogP) is 4.36. The molecule has 0 spiro atoms. The number of halogens is 1. The molecule has 47 heavy (non-hydrogen) atoms. The third-order valence-electron chi connectivity index (χ3n) is 8.58. The summed E-state index contributed by atoms with van der Waals surface area (Å²) in [6.45, 7) is 5.89. The van der Waals surface area contributed by atoms with Gasteiger partial charge in [0.2, 0.25) is 5.91 Å². The molecule has 0 saturated carbocycles. The van der Waals surface area contributed by atoms with E-state index < -0.39 is 35.3 Å². The maximum atomic E-state index is 15.2. The van der Waals surface area contributed by atoms with Gasteiger partial charge in [-0.25, -0.2) is 9.49 Å². The molecule has 1 fully saturated rings. The fraction of sp³-hybridized carbons (Fsp3) is 0.306. The van der Waals surface area contributed by atoms with Crippen LogP contribution in [0.25, 0.3) is 21.7 Å². The van der Waals surface area contributed by atoms with E-state index in [0.29, 0.717) is 28.5 Å². The molecule has 2 amide bonds. The Balaban J connectivity index is 1.28. The minimum atomic E-state index is -1.13. The molecule has 242 valence electrons. The lowest BCUT2D eigenvalue weighted by Gasteiger charge is -2.25. The number of rotatable bonds is 12. The van der Waals surface area contributed by atoms with E-state index >= 15 is 4.39 Å². The van der Waals surface area contributed by atoms with E-state index in [9.17, 15) is 19.2 Å². The van der Waals surface area contributed by atoms with Crippen molar-refractivity contribution in [2.45, 2.75) is 57.7 Å². The third-order valence-corrected chi connectivity index (χ3v) is 8.58. The number of benzene rings is 3. The van der Waals surface area contributed by atoms with Crippen molar-refractivity contribution in [3.8, 4) is 0 Å². The second-order valence-electron chi connectivity index (χ2n) is 12.7. The van der Waals surface area contributed by atoms with Crippen molar-refractivity contribution in [1.29, 1.82) is 0 Å². The van der Waals surface area contributed by atoms with Gasteiger partial charge >= 0.3 is 0 Å². The number of ketones is 1. The van der Waals surface area contributed by atoms with Gasteiger partial charge in [-0.1, -0.05) is 56.3 Å². The lowest BCUT2D eigenvalue weighted by molar-refractivity contribution is -0.131. The van der Waals surface area contributed by atoms with Crippen LogP contribution in [0.5, 0.6) is 0 Å². The quantitative estimate of drug-likeness (QED) is 0.149. The molecule has 1 aliphatic heterocycles. The summed E-state index contributed by atoms with van der Waals surface area (Å²) in [7, 11) is 0. The Labute approximate surface area is 270 Å². The van der Waals surface area contributed by atoms with Gasteiger partial charge in [0.1, 0.15) is 17.5 Å². The Morgan fingerprint density at radius 1 is 0.979 bits per heavy atom. The number of nitrogens with one attached hydrogen (secondary N) is 4. The van der Waals surface area contributed by atoms with Crippen LogP contribution in [-0.2, 0) is 27.2 Å². The number of fused-ring (bicyclic) bond motifs is 2.